The summed E-state index contributed by atoms with van der Waals surface area (Å²) < 4.78 is 21.1. The normalized spacial score (nSPS) is 12.9. The number of hydrogen-bond donors (Lipinski definition) is 1. The Morgan fingerprint density at radius 2 is 1.96 bits per heavy atom. The molecule has 0 aliphatic heterocycles. The summed E-state index contributed by atoms with van der Waals surface area (Å²) >= 11 is 0. The van der Waals surface area contributed by atoms with Crippen LogP contribution >= 0.6 is 0 Å². The Morgan fingerprint density at radius 1 is 1.19 bits per heavy atom. The van der Waals surface area contributed by atoms with Gasteiger partial charge in [-0.2, -0.15) is 0 Å². The average molecular weight is 362 g/mol. The molecular weight excluding hydrogens is 331 g/mol. The molecule has 0 aliphatic rings. The van der Waals surface area contributed by atoms with Gasteiger partial charge in [-0.25, -0.2) is 4.39 Å². The molecule has 0 saturated heterocycles. The van der Waals surface area contributed by atoms with Gasteiger partial charge in [-0.05, 0) is 37.1 Å². The van der Waals surface area contributed by atoms with Crippen LogP contribution in [-0.4, -0.2) is 47.5 Å². The fraction of sp³-hybridized carbons (Fsp3) is 0.524. The summed E-state index contributed by atoms with van der Waals surface area (Å²) in [5.74, 6) is 0.418. The van der Waals surface area contributed by atoms with Crippen molar-refractivity contribution in [2.45, 2.75) is 39.5 Å². The molecule has 4 nitrogen and oxygen atoms in total. The zero-order valence-corrected chi connectivity index (χ0v) is 16.1. The maximum Gasteiger partial charge on any atom is 0.128 e. The zero-order valence-electron chi connectivity index (χ0n) is 16.1. The highest BCUT2D eigenvalue weighted by molar-refractivity contribution is 5.19. The lowest BCUT2D eigenvalue weighted by atomic mass is 10.1. The fourth-order valence-corrected chi connectivity index (χ4v) is 3.01. The van der Waals surface area contributed by atoms with Crippen molar-refractivity contribution in [3.8, 4) is 0 Å². The minimum absolute atomic E-state index is 0.181. The van der Waals surface area contributed by atoms with E-state index in [9.17, 15) is 9.50 Å². The zero-order chi connectivity index (χ0) is 18.9. The standard InChI is InChI=1S/C21H31FN2O2/c1-17(2)10-12-23(15-20(25)16-26-3)14-19-8-6-11-24(19)13-18-7-4-5-9-21(18)22/h4-9,11,17,20,25H,10,12-16H2,1-3H3. The van der Waals surface area contributed by atoms with Crippen LogP contribution in [0.25, 0.3) is 0 Å². The smallest absolute Gasteiger partial charge is 0.128 e. The Kier molecular flexibility index (Phi) is 8.29. The minimum Gasteiger partial charge on any atom is -0.389 e. The van der Waals surface area contributed by atoms with E-state index in [0.29, 0.717) is 31.2 Å². The van der Waals surface area contributed by atoms with Crippen LogP contribution < -0.4 is 0 Å². The number of aromatic nitrogens is 1. The highest BCUT2D eigenvalue weighted by Gasteiger charge is 2.15. The molecule has 0 aliphatic carbocycles. The summed E-state index contributed by atoms with van der Waals surface area (Å²) in [6.07, 6.45) is 2.53. The molecule has 1 heterocycles. The van der Waals surface area contributed by atoms with Gasteiger partial charge in [0.1, 0.15) is 5.82 Å². The van der Waals surface area contributed by atoms with Crippen molar-refractivity contribution >= 4 is 0 Å². The molecule has 144 valence electrons. The second kappa shape index (κ2) is 10.5. The van der Waals surface area contributed by atoms with Gasteiger partial charge in [-0.1, -0.05) is 32.0 Å². The lowest BCUT2D eigenvalue weighted by Crippen LogP contribution is -2.36. The van der Waals surface area contributed by atoms with Gasteiger partial charge in [0.15, 0.2) is 0 Å². The van der Waals surface area contributed by atoms with E-state index in [4.69, 9.17) is 4.74 Å². The second-order valence-corrected chi connectivity index (χ2v) is 7.25. The molecule has 1 aromatic carbocycles. The van der Waals surface area contributed by atoms with Crippen molar-refractivity contribution in [1.29, 1.82) is 0 Å². The first-order valence-corrected chi connectivity index (χ1v) is 9.26. The quantitative estimate of drug-likeness (QED) is 0.664. The van der Waals surface area contributed by atoms with Gasteiger partial charge >= 0.3 is 0 Å². The van der Waals surface area contributed by atoms with Crippen molar-refractivity contribution in [3.63, 3.8) is 0 Å². The fourth-order valence-electron chi connectivity index (χ4n) is 3.01. The van der Waals surface area contributed by atoms with Crippen LogP contribution in [0, 0.1) is 11.7 Å². The highest BCUT2D eigenvalue weighted by atomic mass is 19.1. The molecule has 26 heavy (non-hydrogen) atoms. The van der Waals surface area contributed by atoms with Gasteiger partial charge in [0.25, 0.3) is 0 Å². The van der Waals surface area contributed by atoms with Gasteiger partial charge in [0, 0.05) is 37.7 Å². The van der Waals surface area contributed by atoms with Gasteiger partial charge in [-0.3, -0.25) is 4.90 Å². The van der Waals surface area contributed by atoms with E-state index < -0.39 is 6.10 Å². The average Bonchev–Trinajstić information content (AvgIpc) is 3.02. The highest BCUT2D eigenvalue weighted by Crippen LogP contribution is 2.14. The third kappa shape index (κ3) is 6.56. The molecular formula is C21H31FN2O2. The Balaban J connectivity index is 2.07. The third-order valence-corrected chi connectivity index (χ3v) is 4.46. The Morgan fingerprint density at radius 3 is 2.65 bits per heavy atom. The van der Waals surface area contributed by atoms with E-state index >= 15 is 0 Å². The van der Waals surface area contributed by atoms with Crippen LogP contribution in [0.4, 0.5) is 4.39 Å². The summed E-state index contributed by atoms with van der Waals surface area (Å²) in [6.45, 7) is 7.42. The molecule has 0 bridgehead atoms. The van der Waals surface area contributed by atoms with Crippen LogP contribution in [0.15, 0.2) is 42.6 Å². The summed E-state index contributed by atoms with van der Waals surface area (Å²) in [6, 6.07) is 10.9. The third-order valence-electron chi connectivity index (χ3n) is 4.46. The van der Waals surface area contributed by atoms with Crippen molar-refractivity contribution in [3.05, 3.63) is 59.7 Å². The van der Waals surface area contributed by atoms with Crippen molar-refractivity contribution < 1.29 is 14.2 Å². The molecule has 0 spiro atoms. The van der Waals surface area contributed by atoms with E-state index in [1.165, 1.54) is 6.07 Å². The van der Waals surface area contributed by atoms with E-state index in [-0.39, 0.29) is 5.82 Å². The number of benzene rings is 1. The van der Waals surface area contributed by atoms with Crippen LogP contribution in [-0.2, 0) is 17.8 Å². The Hall–Kier alpha value is -1.69. The SMILES string of the molecule is COCC(O)CN(CCC(C)C)Cc1cccn1Cc1ccccc1F. The van der Waals surface area contributed by atoms with Crippen LogP contribution in [0.1, 0.15) is 31.5 Å². The number of ether oxygens (including phenoxy) is 1. The summed E-state index contributed by atoms with van der Waals surface area (Å²) in [5, 5.41) is 10.1. The van der Waals surface area contributed by atoms with E-state index in [1.54, 1.807) is 13.2 Å². The van der Waals surface area contributed by atoms with Gasteiger partial charge in [-0.15, -0.1) is 0 Å². The molecule has 1 atom stereocenters. The van der Waals surface area contributed by atoms with Crippen LogP contribution in [0.5, 0.6) is 0 Å². The molecule has 2 aromatic rings. The second-order valence-electron chi connectivity index (χ2n) is 7.25. The van der Waals surface area contributed by atoms with E-state index in [0.717, 1.165) is 25.2 Å². The van der Waals surface area contributed by atoms with Crippen molar-refractivity contribution in [2.75, 3.05) is 26.8 Å². The number of methoxy groups -OCH3 is 1. The van der Waals surface area contributed by atoms with E-state index in [2.05, 4.69) is 29.4 Å². The number of aliphatic hydroxyl groups is 1. The number of nitrogens with zero attached hydrogens (tertiary/aromatic N) is 2. The Bertz CT molecular complexity index is 657. The maximum atomic E-state index is 14.0. The molecule has 0 fully saturated rings. The Labute approximate surface area is 156 Å². The van der Waals surface area contributed by atoms with E-state index in [1.807, 2.05) is 24.4 Å². The van der Waals surface area contributed by atoms with Gasteiger partial charge in [0.05, 0.1) is 19.3 Å². The first kappa shape index (κ1) is 20.6. The monoisotopic (exact) mass is 362 g/mol. The summed E-state index contributed by atoms with van der Waals surface area (Å²) in [5.41, 5.74) is 1.79. The lowest BCUT2D eigenvalue weighted by Gasteiger charge is -2.26. The first-order valence-electron chi connectivity index (χ1n) is 9.26. The molecule has 2 rings (SSSR count). The molecule has 0 radical (unpaired) electrons. The predicted molar refractivity (Wildman–Crippen MR) is 103 cm³/mol. The van der Waals surface area contributed by atoms with Gasteiger partial charge in [0.2, 0.25) is 0 Å². The number of aliphatic hydroxyl groups excluding tert-OH is 1. The summed E-state index contributed by atoms with van der Waals surface area (Å²) in [7, 11) is 1.60. The lowest BCUT2D eigenvalue weighted by molar-refractivity contribution is 0.0343. The number of rotatable bonds is 11. The topological polar surface area (TPSA) is 37.6 Å². The van der Waals surface area contributed by atoms with Crippen molar-refractivity contribution in [1.82, 2.24) is 9.47 Å². The van der Waals surface area contributed by atoms with Crippen LogP contribution in [0.3, 0.4) is 0 Å². The predicted octanol–water partition coefficient (Wildman–Crippen LogP) is 3.53. The summed E-state index contributed by atoms with van der Waals surface area (Å²) in [4.78, 5) is 2.25. The molecule has 1 aromatic heterocycles. The number of halogens is 1. The van der Waals surface area contributed by atoms with Crippen molar-refractivity contribution in [2.24, 2.45) is 5.92 Å². The largest absolute Gasteiger partial charge is 0.389 e. The molecule has 1 N–H and O–H groups in total. The van der Waals surface area contributed by atoms with Crippen LogP contribution in [0.2, 0.25) is 0 Å². The minimum atomic E-state index is -0.512. The maximum absolute atomic E-state index is 14.0. The van der Waals surface area contributed by atoms with Gasteiger partial charge < -0.3 is 14.4 Å². The number of hydrogen-bond acceptors (Lipinski definition) is 3. The molecule has 0 amide bonds. The molecule has 0 saturated carbocycles. The molecule has 5 heteroatoms. The molecule has 1 unspecified atom stereocenters. The first-order chi connectivity index (χ1) is 12.5.